The fourth-order valence-electron chi connectivity index (χ4n) is 1.86. The zero-order valence-corrected chi connectivity index (χ0v) is 14.2. The SMILES string of the molecule is Cc1nn(C)c(C)c1/C=N\NC(=O)COc1ccc(Br)cc1. The Balaban J connectivity index is 1.85. The summed E-state index contributed by atoms with van der Waals surface area (Å²) in [5, 5.41) is 8.21. The van der Waals surface area contributed by atoms with E-state index in [1.807, 2.05) is 33.0 Å². The summed E-state index contributed by atoms with van der Waals surface area (Å²) >= 11 is 3.33. The number of aromatic nitrogens is 2. The Hall–Kier alpha value is -2.15. The van der Waals surface area contributed by atoms with Crippen molar-refractivity contribution >= 4 is 28.1 Å². The minimum Gasteiger partial charge on any atom is -0.484 e. The number of halogens is 1. The summed E-state index contributed by atoms with van der Waals surface area (Å²) in [4.78, 5) is 11.7. The lowest BCUT2D eigenvalue weighted by Crippen LogP contribution is -2.24. The Bertz CT molecular complexity index is 692. The van der Waals surface area contributed by atoms with Crippen LogP contribution in [0.2, 0.25) is 0 Å². The Morgan fingerprint density at radius 2 is 2.09 bits per heavy atom. The lowest BCUT2D eigenvalue weighted by atomic mass is 10.2. The molecule has 0 fully saturated rings. The van der Waals surface area contributed by atoms with Crippen molar-refractivity contribution in [3.63, 3.8) is 0 Å². The highest BCUT2D eigenvalue weighted by atomic mass is 79.9. The molecule has 1 amide bonds. The highest BCUT2D eigenvalue weighted by Crippen LogP contribution is 2.15. The molecule has 0 aliphatic heterocycles. The van der Waals surface area contributed by atoms with Crippen LogP contribution in [0.3, 0.4) is 0 Å². The van der Waals surface area contributed by atoms with Crippen molar-refractivity contribution < 1.29 is 9.53 Å². The predicted octanol–water partition coefficient (Wildman–Crippen LogP) is 2.33. The van der Waals surface area contributed by atoms with E-state index in [-0.39, 0.29) is 12.5 Å². The summed E-state index contributed by atoms with van der Waals surface area (Å²) in [7, 11) is 1.87. The van der Waals surface area contributed by atoms with Crippen molar-refractivity contribution in [2.75, 3.05) is 6.61 Å². The van der Waals surface area contributed by atoms with E-state index in [2.05, 4.69) is 31.6 Å². The Morgan fingerprint density at radius 1 is 1.41 bits per heavy atom. The van der Waals surface area contributed by atoms with Crippen LogP contribution in [0, 0.1) is 13.8 Å². The molecule has 1 N–H and O–H groups in total. The number of hydrogen-bond acceptors (Lipinski definition) is 4. The van der Waals surface area contributed by atoms with Crippen molar-refractivity contribution in [3.8, 4) is 5.75 Å². The molecule has 0 unspecified atom stereocenters. The normalized spacial score (nSPS) is 10.9. The van der Waals surface area contributed by atoms with Crippen molar-refractivity contribution in [2.45, 2.75) is 13.8 Å². The number of carbonyl (C=O) groups is 1. The summed E-state index contributed by atoms with van der Waals surface area (Å²) in [6.07, 6.45) is 1.59. The number of carbonyl (C=O) groups excluding carboxylic acids is 1. The lowest BCUT2D eigenvalue weighted by Gasteiger charge is -2.04. The maximum atomic E-state index is 11.7. The molecule has 1 heterocycles. The van der Waals surface area contributed by atoms with Crippen LogP contribution in [0.1, 0.15) is 17.0 Å². The van der Waals surface area contributed by atoms with Gasteiger partial charge in [0, 0.05) is 22.8 Å². The van der Waals surface area contributed by atoms with Crippen molar-refractivity contribution in [2.24, 2.45) is 12.1 Å². The fourth-order valence-corrected chi connectivity index (χ4v) is 2.12. The van der Waals surface area contributed by atoms with Gasteiger partial charge in [0.15, 0.2) is 6.61 Å². The van der Waals surface area contributed by atoms with Crippen LogP contribution < -0.4 is 10.2 Å². The molecule has 0 bridgehead atoms. The van der Waals surface area contributed by atoms with Gasteiger partial charge >= 0.3 is 0 Å². The Kier molecular flexibility index (Phi) is 5.32. The molecule has 2 aromatic rings. The summed E-state index contributed by atoms with van der Waals surface area (Å²) < 4.78 is 8.08. The van der Waals surface area contributed by atoms with Crippen LogP contribution in [0.5, 0.6) is 5.75 Å². The number of amides is 1. The largest absolute Gasteiger partial charge is 0.484 e. The molecule has 0 saturated heterocycles. The number of hydrazone groups is 1. The van der Waals surface area contributed by atoms with Gasteiger partial charge in [-0.05, 0) is 38.1 Å². The van der Waals surface area contributed by atoms with Gasteiger partial charge in [0.25, 0.3) is 5.91 Å². The third-order valence-corrected chi connectivity index (χ3v) is 3.66. The topological polar surface area (TPSA) is 68.5 Å². The molecule has 22 heavy (non-hydrogen) atoms. The second-order valence-electron chi connectivity index (χ2n) is 4.74. The van der Waals surface area contributed by atoms with Gasteiger partial charge in [-0.15, -0.1) is 0 Å². The molecule has 0 radical (unpaired) electrons. The summed E-state index contributed by atoms with van der Waals surface area (Å²) in [5.74, 6) is 0.305. The van der Waals surface area contributed by atoms with Crippen LogP contribution in [0.25, 0.3) is 0 Å². The predicted molar refractivity (Wildman–Crippen MR) is 88.1 cm³/mol. The third kappa shape index (κ3) is 4.17. The van der Waals surface area contributed by atoms with Gasteiger partial charge in [0.05, 0.1) is 11.9 Å². The first-order valence-corrected chi connectivity index (χ1v) is 7.47. The van der Waals surface area contributed by atoms with Gasteiger partial charge in [-0.1, -0.05) is 15.9 Å². The highest BCUT2D eigenvalue weighted by Gasteiger charge is 2.07. The number of ether oxygens (including phenoxy) is 1. The van der Waals surface area contributed by atoms with Crippen molar-refractivity contribution in [3.05, 3.63) is 45.7 Å². The van der Waals surface area contributed by atoms with E-state index in [4.69, 9.17) is 4.74 Å². The zero-order chi connectivity index (χ0) is 16.1. The molecular weight excluding hydrogens is 348 g/mol. The molecule has 1 aromatic heterocycles. The van der Waals surface area contributed by atoms with Gasteiger partial charge in [-0.25, -0.2) is 5.43 Å². The van der Waals surface area contributed by atoms with Gasteiger partial charge < -0.3 is 4.74 Å². The maximum Gasteiger partial charge on any atom is 0.277 e. The second-order valence-corrected chi connectivity index (χ2v) is 5.66. The van der Waals surface area contributed by atoms with Crippen LogP contribution in [0.15, 0.2) is 33.8 Å². The van der Waals surface area contributed by atoms with E-state index < -0.39 is 0 Å². The van der Waals surface area contributed by atoms with E-state index in [9.17, 15) is 4.79 Å². The standard InChI is InChI=1S/C15H17BrN4O2/c1-10-14(11(2)20(3)19-10)8-17-18-15(21)9-22-13-6-4-12(16)5-7-13/h4-8H,9H2,1-3H3,(H,18,21)/b17-8-. The molecule has 6 nitrogen and oxygen atoms in total. The molecule has 1 aromatic carbocycles. The number of hydrogen-bond donors (Lipinski definition) is 1. The number of aryl methyl sites for hydroxylation is 2. The van der Waals surface area contributed by atoms with Crippen LogP contribution in [-0.2, 0) is 11.8 Å². The zero-order valence-electron chi connectivity index (χ0n) is 12.6. The van der Waals surface area contributed by atoms with Gasteiger partial charge in [-0.2, -0.15) is 10.2 Å². The summed E-state index contributed by atoms with van der Waals surface area (Å²) in [6.45, 7) is 3.75. The summed E-state index contributed by atoms with van der Waals surface area (Å²) in [5.41, 5.74) is 5.19. The smallest absolute Gasteiger partial charge is 0.277 e. The average Bonchev–Trinajstić information content (AvgIpc) is 2.73. The highest BCUT2D eigenvalue weighted by molar-refractivity contribution is 9.10. The van der Waals surface area contributed by atoms with Crippen molar-refractivity contribution in [1.82, 2.24) is 15.2 Å². The van der Waals surface area contributed by atoms with Gasteiger partial charge in [0.1, 0.15) is 5.75 Å². The van der Waals surface area contributed by atoms with Gasteiger partial charge in [-0.3, -0.25) is 9.48 Å². The first-order chi connectivity index (χ1) is 10.5. The molecular formula is C15H17BrN4O2. The molecule has 0 saturated carbocycles. The van der Waals surface area contributed by atoms with E-state index >= 15 is 0 Å². The second kappa shape index (κ2) is 7.22. The number of nitrogens with one attached hydrogen (secondary N) is 1. The average molecular weight is 365 g/mol. The summed E-state index contributed by atoms with van der Waals surface area (Å²) in [6, 6.07) is 7.25. The molecule has 2 rings (SSSR count). The van der Waals surface area contributed by atoms with Crippen LogP contribution in [-0.4, -0.2) is 28.5 Å². The van der Waals surface area contributed by atoms with E-state index in [1.54, 1.807) is 23.0 Å². The minimum atomic E-state index is -0.321. The molecule has 0 spiro atoms. The molecule has 7 heteroatoms. The maximum absolute atomic E-state index is 11.7. The lowest BCUT2D eigenvalue weighted by molar-refractivity contribution is -0.123. The molecule has 0 atom stereocenters. The van der Waals surface area contributed by atoms with E-state index in [0.717, 1.165) is 21.4 Å². The molecule has 116 valence electrons. The van der Waals surface area contributed by atoms with Crippen LogP contribution >= 0.6 is 15.9 Å². The third-order valence-electron chi connectivity index (χ3n) is 3.13. The monoisotopic (exact) mass is 364 g/mol. The van der Waals surface area contributed by atoms with Gasteiger partial charge in [0.2, 0.25) is 0 Å². The molecule has 0 aliphatic rings. The fraction of sp³-hybridized carbons (Fsp3) is 0.267. The minimum absolute atomic E-state index is 0.0933. The Labute approximate surface area is 137 Å². The van der Waals surface area contributed by atoms with Crippen LogP contribution in [0.4, 0.5) is 0 Å². The number of nitrogens with zero attached hydrogens (tertiary/aromatic N) is 3. The quantitative estimate of drug-likeness (QED) is 0.653. The Morgan fingerprint density at radius 3 is 2.68 bits per heavy atom. The van der Waals surface area contributed by atoms with E-state index in [1.165, 1.54) is 0 Å². The molecule has 0 aliphatic carbocycles. The number of rotatable bonds is 5. The first-order valence-electron chi connectivity index (χ1n) is 6.68. The van der Waals surface area contributed by atoms with Crippen molar-refractivity contribution in [1.29, 1.82) is 0 Å². The number of benzene rings is 1. The first kappa shape index (κ1) is 16.2. The van der Waals surface area contributed by atoms with E-state index in [0.29, 0.717) is 5.75 Å².